The third-order valence-corrected chi connectivity index (χ3v) is 3.44. The summed E-state index contributed by atoms with van der Waals surface area (Å²) in [7, 11) is 0. The van der Waals surface area contributed by atoms with Crippen molar-refractivity contribution in [3.8, 4) is 0 Å². The predicted octanol–water partition coefficient (Wildman–Crippen LogP) is 0.473. The van der Waals surface area contributed by atoms with Gasteiger partial charge in [0.25, 0.3) is 0 Å². The van der Waals surface area contributed by atoms with Crippen molar-refractivity contribution in [1.82, 2.24) is 10.6 Å². The molecule has 2 aliphatic heterocycles. The molecule has 0 radical (unpaired) electrons. The van der Waals surface area contributed by atoms with E-state index in [2.05, 4.69) is 15.6 Å². The Morgan fingerprint density at radius 1 is 1.62 bits per heavy atom. The number of hydrogen-bond donors (Lipinski definition) is 2. The second-order valence-corrected chi connectivity index (χ2v) is 4.66. The maximum atomic E-state index is 4.45. The van der Waals surface area contributed by atoms with Crippen molar-refractivity contribution < 1.29 is 0 Å². The van der Waals surface area contributed by atoms with Gasteiger partial charge in [-0.3, -0.25) is 4.99 Å². The van der Waals surface area contributed by atoms with E-state index in [0.717, 1.165) is 18.8 Å². The van der Waals surface area contributed by atoms with Crippen LogP contribution in [0.2, 0.25) is 0 Å². The van der Waals surface area contributed by atoms with Crippen LogP contribution in [0, 0.1) is 0 Å². The van der Waals surface area contributed by atoms with Crippen molar-refractivity contribution in [2.45, 2.75) is 18.9 Å². The molecule has 0 spiro atoms. The van der Waals surface area contributed by atoms with Gasteiger partial charge in [0.05, 0.1) is 12.3 Å². The van der Waals surface area contributed by atoms with E-state index in [-0.39, 0.29) is 0 Å². The first-order chi connectivity index (χ1) is 6.45. The van der Waals surface area contributed by atoms with Crippen LogP contribution in [0.15, 0.2) is 4.99 Å². The van der Waals surface area contributed by atoms with Crippen LogP contribution in [0.25, 0.3) is 0 Å². The monoisotopic (exact) mass is 199 g/mol. The summed E-state index contributed by atoms with van der Waals surface area (Å²) in [5.74, 6) is 3.46. The summed E-state index contributed by atoms with van der Waals surface area (Å²) < 4.78 is 0. The van der Waals surface area contributed by atoms with Crippen LogP contribution < -0.4 is 10.6 Å². The molecule has 13 heavy (non-hydrogen) atoms. The minimum absolute atomic E-state index is 0.676. The average molecular weight is 199 g/mol. The summed E-state index contributed by atoms with van der Waals surface area (Å²) in [5.41, 5.74) is 0. The molecule has 0 aliphatic carbocycles. The highest BCUT2D eigenvalue weighted by Gasteiger charge is 2.14. The Kier molecular flexibility index (Phi) is 3.49. The fraction of sp³-hybridized carbons (Fsp3) is 0.889. The molecule has 0 aromatic heterocycles. The van der Waals surface area contributed by atoms with E-state index in [0.29, 0.717) is 6.04 Å². The minimum Gasteiger partial charge on any atom is -0.372 e. The van der Waals surface area contributed by atoms with Crippen LogP contribution in [-0.4, -0.2) is 43.0 Å². The zero-order valence-corrected chi connectivity index (χ0v) is 8.70. The zero-order chi connectivity index (χ0) is 8.93. The van der Waals surface area contributed by atoms with Crippen molar-refractivity contribution in [2.75, 3.05) is 31.1 Å². The number of aliphatic imine (C=N–C) groups is 1. The molecular weight excluding hydrogens is 182 g/mol. The lowest BCUT2D eigenvalue weighted by Crippen LogP contribution is -2.39. The smallest absolute Gasteiger partial charge is 0.106 e. The maximum absolute atomic E-state index is 4.45. The Balaban J connectivity index is 1.68. The van der Waals surface area contributed by atoms with Gasteiger partial charge in [-0.05, 0) is 19.4 Å². The molecular formula is C9H17N3S. The van der Waals surface area contributed by atoms with E-state index in [4.69, 9.17) is 0 Å². The second kappa shape index (κ2) is 4.86. The largest absolute Gasteiger partial charge is 0.372 e. The van der Waals surface area contributed by atoms with Gasteiger partial charge in [-0.15, -0.1) is 0 Å². The molecule has 0 amide bonds. The number of amidine groups is 1. The molecule has 2 heterocycles. The van der Waals surface area contributed by atoms with Gasteiger partial charge in [-0.25, -0.2) is 0 Å². The molecule has 1 saturated heterocycles. The molecule has 1 fully saturated rings. The average Bonchev–Trinajstić information content (AvgIpc) is 2.69. The van der Waals surface area contributed by atoms with Crippen LogP contribution in [0.1, 0.15) is 12.8 Å². The summed E-state index contributed by atoms with van der Waals surface area (Å²) in [6, 6.07) is 0.676. The first-order valence-corrected chi connectivity index (χ1v) is 6.19. The van der Waals surface area contributed by atoms with Crippen LogP contribution in [0.4, 0.5) is 0 Å². The molecule has 2 N–H and O–H groups in total. The number of thioether (sulfide) groups is 1. The third kappa shape index (κ3) is 2.88. The molecule has 74 valence electrons. The molecule has 2 aliphatic rings. The standard InChI is InChI=1S/C9H17N3S/c1-2-8(10-3-1)6-12-9-7-13-5-4-11-9/h8,10H,1-7H2,(H,11,12). The first-order valence-electron chi connectivity index (χ1n) is 5.03. The summed E-state index contributed by atoms with van der Waals surface area (Å²) >= 11 is 1.97. The van der Waals surface area contributed by atoms with E-state index in [1.54, 1.807) is 0 Å². The van der Waals surface area contributed by atoms with E-state index in [1.165, 1.54) is 31.0 Å². The number of nitrogens with one attached hydrogen (secondary N) is 2. The number of nitrogens with zero attached hydrogens (tertiary/aromatic N) is 1. The predicted molar refractivity (Wildman–Crippen MR) is 58.7 cm³/mol. The van der Waals surface area contributed by atoms with Gasteiger partial charge in [-0.2, -0.15) is 11.8 Å². The van der Waals surface area contributed by atoms with Crippen LogP contribution in [-0.2, 0) is 0 Å². The van der Waals surface area contributed by atoms with Crippen molar-refractivity contribution >= 4 is 17.6 Å². The molecule has 1 unspecified atom stereocenters. The Hall–Kier alpha value is -0.220. The van der Waals surface area contributed by atoms with E-state index in [9.17, 15) is 0 Å². The first kappa shape index (κ1) is 9.34. The van der Waals surface area contributed by atoms with Gasteiger partial charge in [0.1, 0.15) is 5.84 Å². The van der Waals surface area contributed by atoms with Gasteiger partial charge in [0.15, 0.2) is 0 Å². The molecule has 2 rings (SSSR count). The topological polar surface area (TPSA) is 36.4 Å². The molecule has 0 aromatic carbocycles. The quantitative estimate of drug-likeness (QED) is 0.679. The van der Waals surface area contributed by atoms with Gasteiger partial charge >= 0.3 is 0 Å². The van der Waals surface area contributed by atoms with Gasteiger partial charge < -0.3 is 10.6 Å². The number of hydrogen-bond acceptors (Lipinski definition) is 4. The normalized spacial score (nSPS) is 28.6. The zero-order valence-electron chi connectivity index (χ0n) is 7.88. The minimum atomic E-state index is 0.676. The fourth-order valence-corrected chi connectivity index (χ4v) is 2.49. The molecule has 4 heteroatoms. The Morgan fingerprint density at radius 2 is 2.62 bits per heavy atom. The van der Waals surface area contributed by atoms with Crippen LogP contribution in [0.5, 0.6) is 0 Å². The van der Waals surface area contributed by atoms with Gasteiger partial charge in [-0.1, -0.05) is 0 Å². The van der Waals surface area contributed by atoms with E-state index >= 15 is 0 Å². The number of rotatable bonds is 2. The Morgan fingerprint density at radius 3 is 3.31 bits per heavy atom. The molecule has 0 bridgehead atoms. The van der Waals surface area contributed by atoms with Crippen molar-refractivity contribution in [3.05, 3.63) is 0 Å². The molecule has 3 nitrogen and oxygen atoms in total. The van der Waals surface area contributed by atoms with Gasteiger partial charge in [0.2, 0.25) is 0 Å². The summed E-state index contributed by atoms with van der Waals surface area (Å²) in [6.45, 7) is 3.23. The highest BCUT2D eigenvalue weighted by Crippen LogP contribution is 2.06. The third-order valence-electron chi connectivity index (χ3n) is 2.49. The lowest BCUT2D eigenvalue weighted by atomic mass is 10.2. The molecule has 0 saturated carbocycles. The summed E-state index contributed by atoms with van der Waals surface area (Å²) in [6.07, 6.45) is 2.64. The second-order valence-electron chi connectivity index (χ2n) is 3.56. The SMILES string of the molecule is C1CNC(CNC2=NCCSC2)C1. The van der Waals surface area contributed by atoms with Crippen molar-refractivity contribution in [3.63, 3.8) is 0 Å². The van der Waals surface area contributed by atoms with Crippen LogP contribution >= 0.6 is 11.8 Å². The van der Waals surface area contributed by atoms with Gasteiger partial charge in [0, 0.05) is 18.3 Å². The van der Waals surface area contributed by atoms with Crippen molar-refractivity contribution in [1.29, 1.82) is 0 Å². The van der Waals surface area contributed by atoms with Crippen LogP contribution in [0.3, 0.4) is 0 Å². The lowest BCUT2D eigenvalue weighted by Gasteiger charge is -2.16. The highest BCUT2D eigenvalue weighted by molar-refractivity contribution is 8.00. The van der Waals surface area contributed by atoms with E-state index in [1.807, 2.05) is 11.8 Å². The summed E-state index contributed by atoms with van der Waals surface area (Å²) in [4.78, 5) is 4.45. The molecule has 1 atom stereocenters. The Bertz CT molecular complexity index is 187. The highest BCUT2D eigenvalue weighted by atomic mass is 32.2. The lowest BCUT2D eigenvalue weighted by molar-refractivity contribution is 0.588. The fourth-order valence-electron chi connectivity index (χ4n) is 1.74. The summed E-state index contributed by atoms with van der Waals surface area (Å²) in [5, 5.41) is 6.90. The maximum Gasteiger partial charge on any atom is 0.106 e. The van der Waals surface area contributed by atoms with Crippen molar-refractivity contribution in [2.24, 2.45) is 4.99 Å². The van der Waals surface area contributed by atoms with E-state index < -0.39 is 0 Å². The molecule has 0 aromatic rings. The Labute approximate surface area is 83.8 Å².